The smallest absolute Gasteiger partial charge is 0.258 e. The number of quaternary nitrogens is 2. The van der Waals surface area contributed by atoms with E-state index in [1.807, 2.05) is 18.2 Å². The van der Waals surface area contributed by atoms with Crippen LogP contribution in [0.5, 0.6) is 0 Å². The van der Waals surface area contributed by atoms with Crippen molar-refractivity contribution < 1.29 is 18.9 Å². The third-order valence-electron chi connectivity index (χ3n) is 8.11. The molecule has 2 saturated heterocycles. The molecule has 3 aliphatic rings. The first-order chi connectivity index (χ1) is 17.1. The monoisotopic (exact) mass is 475 g/mol. The van der Waals surface area contributed by atoms with E-state index in [2.05, 4.69) is 34.9 Å². The number of fused-ring (bicyclic) bond motifs is 4. The van der Waals surface area contributed by atoms with Crippen molar-refractivity contribution >= 4 is 0 Å². The van der Waals surface area contributed by atoms with Crippen LogP contribution in [-0.2, 0) is 24.4 Å². The van der Waals surface area contributed by atoms with Crippen molar-refractivity contribution in [1.82, 2.24) is 4.57 Å². The van der Waals surface area contributed by atoms with Gasteiger partial charge >= 0.3 is 0 Å². The van der Waals surface area contributed by atoms with Gasteiger partial charge in [-0.2, -0.15) is 0 Å². The number of aromatic nitrogens is 1. The first kappa shape index (κ1) is 22.7. The van der Waals surface area contributed by atoms with Gasteiger partial charge in [-0.3, -0.25) is 4.79 Å². The standard InChI is InChI=1S/C29H32FN3O2/c30-25-7-5-21(6-8-25)16-32-17-22-15-24(20-32)28-10-9-27(29(34)33(28)18-22)26-4-2-1-3-23(26)19-31-11-13-35-14-12-31/h1-10,22,24H,11-20H2/p+2/t22-,24+/m0/s1. The molecular weight excluding hydrogens is 441 g/mol. The highest BCUT2D eigenvalue weighted by Gasteiger charge is 2.37. The second-order valence-electron chi connectivity index (χ2n) is 10.5. The molecule has 35 heavy (non-hydrogen) atoms. The third kappa shape index (κ3) is 4.70. The van der Waals surface area contributed by atoms with E-state index >= 15 is 0 Å². The van der Waals surface area contributed by atoms with E-state index in [4.69, 9.17) is 4.74 Å². The Hall–Kier alpha value is -2.80. The topological polar surface area (TPSA) is 40.1 Å². The van der Waals surface area contributed by atoms with Crippen molar-refractivity contribution in [3.05, 3.63) is 93.7 Å². The maximum absolute atomic E-state index is 13.8. The van der Waals surface area contributed by atoms with Gasteiger partial charge in [0.15, 0.2) is 0 Å². The van der Waals surface area contributed by atoms with Crippen LogP contribution in [0.2, 0.25) is 0 Å². The van der Waals surface area contributed by atoms with Gasteiger partial charge in [0.05, 0.1) is 26.3 Å². The molecule has 3 aliphatic heterocycles. The summed E-state index contributed by atoms with van der Waals surface area (Å²) in [5, 5.41) is 0. The molecule has 2 bridgehead atoms. The third-order valence-corrected chi connectivity index (χ3v) is 8.11. The lowest BCUT2D eigenvalue weighted by Gasteiger charge is -2.40. The molecule has 1 unspecified atom stereocenters. The van der Waals surface area contributed by atoms with Gasteiger partial charge in [0, 0.05) is 40.8 Å². The number of nitrogens with zero attached hydrogens (tertiary/aromatic N) is 1. The van der Waals surface area contributed by atoms with Gasteiger partial charge in [-0.1, -0.05) is 36.4 Å². The molecule has 5 nitrogen and oxygen atoms in total. The molecular formula is C29H34FN3O2+2. The average molecular weight is 476 g/mol. The van der Waals surface area contributed by atoms with E-state index in [-0.39, 0.29) is 11.4 Å². The Morgan fingerprint density at radius 2 is 1.69 bits per heavy atom. The Balaban J connectivity index is 1.26. The van der Waals surface area contributed by atoms with Crippen molar-refractivity contribution in [3.63, 3.8) is 0 Å². The zero-order valence-electron chi connectivity index (χ0n) is 20.1. The molecule has 0 spiro atoms. The molecule has 3 atom stereocenters. The maximum Gasteiger partial charge on any atom is 0.258 e. The number of rotatable bonds is 5. The summed E-state index contributed by atoms with van der Waals surface area (Å²) >= 11 is 0. The fourth-order valence-corrected chi connectivity index (χ4v) is 6.45. The summed E-state index contributed by atoms with van der Waals surface area (Å²) in [7, 11) is 0. The molecule has 0 saturated carbocycles. The van der Waals surface area contributed by atoms with Crippen molar-refractivity contribution in [2.75, 3.05) is 39.4 Å². The minimum Gasteiger partial charge on any atom is -0.370 e. The van der Waals surface area contributed by atoms with Crippen LogP contribution in [0.1, 0.15) is 29.2 Å². The predicted octanol–water partition coefficient (Wildman–Crippen LogP) is 1.27. The molecule has 0 radical (unpaired) electrons. The Morgan fingerprint density at radius 1 is 0.886 bits per heavy atom. The van der Waals surface area contributed by atoms with E-state index in [0.29, 0.717) is 11.8 Å². The molecule has 6 heteroatoms. The number of benzene rings is 2. The molecule has 3 aromatic rings. The van der Waals surface area contributed by atoms with Crippen LogP contribution in [0.4, 0.5) is 4.39 Å². The minimum atomic E-state index is -0.184. The Labute approximate surface area is 205 Å². The zero-order chi connectivity index (χ0) is 23.8. The summed E-state index contributed by atoms with van der Waals surface area (Å²) in [6.45, 7) is 8.34. The first-order valence-corrected chi connectivity index (χ1v) is 13.0. The largest absolute Gasteiger partial charge is 0.370 e. The van der Waals surface area contributed by atoms with Crippen LogP contribution in [0, 0.1) is 11.7 Å². The fourth-order valence-electron chi connectivity index (χ4n) is 6.45. The highest BCUT2D eigenvalue weighted by atomic mass is 19.1. The summed E-state index contributed by atoms with van der Waals surface area (Å²) in [5.74, 6) is 0.710. The van der Waals surface area contributed by atoms with Gasteiger partial charge in [-0.05, 0) is 36.2 Å². The van der Waals surface area contributed by atoms with Gasteiger partial charge in [0.25, 0.3) is 5.56 Å². The van der Waals surface area contributed by atoms with E-state index in [1.54, 1.807) is 12.1 Å². The van der Waals surface area contributed by atoms with E-state index in [1.165, 1.54) is 26.6 Å². The predicted molar refractivity (Wildman–Crippen MR) is 133 cm³/mol. The Kier molecular flexibility index (Phi) is 6.27. The summed E-state index contributed by atoms with van der Waals surface area (Å²) in [6, 6.07) is 19.6. The van der Waals surface area contributed by atoms with Crippen LogP contribution in [0.25, 0.3) is 11.1 Å². The van der Waals surface area contributed by atoms with Crippen molar-refractivity contribution in [1.29, 1.82) is 0 Å². The number of piperidine rings is 1. The van der Waals surface area contributed by atoms with Crippen LogP contribution < -0.4 is 15.4 Å². The lowest BCUT2D eigenvalue weighted by atomic mass is 9.82. The van der Waals surface area contributed by atoms with Gasteiger partial charge in [-0.15, -0.1) is 0 Å². The molecule has 0 aliphatic carbocycles. The highest BCUT2D eigenvalue weighted by molar-refractivity contribution is 5.66. The van der Waals surface area contributed by atoms with Crippen molar-refractivity contribution in [3.8, 4) is 11.1 Å². The number of pyridine rings is 1. The Bertz CT molecular complexity index is 1250. The van der Waals surface area contributed by atoms with Gasteiger partial charge < -0.3 is 19.1 Å². The SMILES string of the molecule is O=c1c(-c2ccccc2C[NH+]2CCOCC2)ccc2n1C[C@H]1C[C@@H]2C[NH+](Cc2ccc(F)cc2)C1. The lowest BCUT2D eigenvalue weighted by molar-refractivity contribution is -0.924. The van der Waals surface area contributed by atoms with E-state index in [0.717, 1.165) is 76.6 Å². The van der Waals surface area contributed by atoms with Crippen LogP contribution in [0.3, 0.4) is 0 Å². The number of hydrogen-bond acceptors (Lipinski definition) is 2. The Morgan fingerprint density at radius 3 is 2.51 bits per heavy atom. The number of ether oxygens (including phenoxy) is 1. The summed E-state index contributed by atoms with van der Waals surface area (Å²) in [6.07, 6.45) is 1.16. The molecule has 4 heterocycles. The van der Waals surface area contributed by atoms with E-state index in [9.17, 15) is 9.18 Å². The molecule has 182 valence electrons. The number of morpholine rings is 1. The second kappa shape index (κ2) is 9.69. The normalized spacial score (nSPS) is 24.2. The summed E-state index contributed by atoms with van der Waals surface area (Å²) in [4.78, 5) is 16.8. The number of halogens is 1. The van der Waals surface area contributed by atoms with Crippen molar-refractivity contribution in [2.24, 2.45) is 5.92 Å². The zero-order valence-corrected chi connectivity index (χ0v) is 20.1. The number of nitrogens with one attached hydrogen (secondary N) is 2. The maximum atomic E-state index is 13.8. The molecule has 1 aromatic heterocycles. The minimum absolute atomic E-state index is 0.156. The lowest BCUT2D eigenvalue weighted by Crippen LogP contribution is -3.13. The van der Waals surface area contributed by atoms with E-state index < -0.39 is 0 Å². The van der Waals surface area contributed by atoms with Crippen LogP contribution >= 0.6 is 0 Å². The molecule has 2 aromatic carbocycles. The van der Waals surface area contributed by atoms with Crippen LogP contribution in [-0.4, -0.2) is 44.0 Å². The first-order valence-electron chi connectivity index (χ1n) is 13.0. The number of hydrogen-bond donors (Lipinski definition) is 2. The number of likely N-dealkylation sites (tertiary alicyclic amines) is 1. The summed E-state index contributed by atoms with van der Waals surface area (Å²) < 4.78 is 20.9. The van der Waals surface area contributed by atoms with Gasteiger partial charge in [-0.25, -0.2) is 4.39 Å². The molecule has 2 fully saturated rings. The molecule has 0 amide bonds. The van der Waals surface area contributed by atoms with Crippen LogP contribution in [0.15, 0.2) is 65.5 Å². The molecule has 6 rings (SSSR count). The highest BCUT2D eigenvalue weighted by Crippen LogP contribution is 2.32. The van der Waals surface area contributed by atoms with Gasteiger partial charge in [0.1, 0.15) is 32.0 Å². The molecule has 2 N–H and O–H groups in total. The van der Waals surface area contributed by atoms with Crippen molar-refractivity contribution in [2.45, 2.75) is 32.0 Å². The fraction of sp³-hybridized carbons (Fsp3) is 0.414. The second-order valence-corrected chi connectivity index (χ2v) is 10.5. The van der Waals surface area contributed by atoms with Gasteiger partial charge in [0.2, 0.25) is 0 Å². The average Bonchev–Trinajstić information content (AvgIpc) is 2.87. The summed E-state index contributed by atoms with van der Waals surface area (Å²) in [5.41, 5.74) is 5.66. The quantitative estimate of drug-likeness (QED) is 0.584.